The smallest absolute Gasteiger partial charge is 0.417 e. The minimum atomic E-state index is -4.97. The molecule has 1 aromatic carbocycles. The van der Waals surface area contributed by atoms with E-state index >= 15 is 0 Å². The van der Waals surface area contributed by atoms with Gasteiger partial charge >= 0.3 is 6.18 Å². The molecule has 1 aromatic heterocycles. The van der Waals surface area contributed by atoms with Gasteiger partial charge in [-0.15, -0.1) is 0 Å². The van der Waals surface area contributed by atoms with Crippen molar-refractivity contribution < 1.29 is 45.4 Å². The Morgan fingerprint density at radius 3 is 2.38 bits per heavy atom. The molecular formula is C21H19F6N3O4. The largest absolute Gasteiger partial charge is 0.493 e. The number of hydrogen-bond donors (Lipinski definition) is 2. The Morgan fingerprint density at radius 2 is 1.82 bits per heavy atom. The number of nitrogens with two attached hydrogens (primary N) is 1. The fourth-order valence-corrected chi connectivity index (χ4v) is 3.96. The van der Waals surface area contributed by atoms with Crippen LogP contribution in [0.3, 0.4) is 0 Å². The van der Waals surface area contributed by atoms with Gasteiger partial charge in [-0.25, -0.2) is 13.8 Å². The highest BCUT2D eigenvalue weighted by atomic mass is 19.4. The van der Waals surface area contributed by atoms with Gasteiger partial charge in [0.15, 0.2) is 28.7 Å². The Hall–Kier alpha value is -3.35. The lowest BCUT2D eigenvalue weighted by atomic mass is 9.77. The first-order valence-corrected chi connectivity index (χ1v) is 9.76. The zero-order valence-electron chi connectivity index (χ0n) is 18.0. The normalized spacial score (nSPS) is 24.7. The number of benzene rings is 1. The standard InChI is InChI=1S/C21H19F6N3O4/c1-8-12(9-4-5-10(22)13(23)16(9)33-3)17(34-20(8,2)21(25,26)27)19(32)30-11-6-7-29-15(14(11)24)18(28)31/h4-8,12,17H,1-3H3,(H2,28,31)(H,29,30,32)/t8-,12-,17+,20-/m0/s1. The SMILES string of the molecule is COc1c([C@H]2[C@H](C(=O)Nc3ccnc(C(N)=O)c3F)O[C@](C)(C(F)(F)F)[C@H]2C)ccc(F)c1F. The average molecular weight is 491 g/mol. The zero-order chi connectivity index (χ0) is 25.6. The Balaban J connectivity index is 2.11. The van der Waals surface area contributed by atoms with Gasteiger partial charge in [0.05, 0.1) is 12.8 Å². The van der Waals surface area contributed by atoms with Gasteiger partial charge in [-0.2, -0.15) is 17.6 Å². The van der Waals surface area contributed by atoms with E-state index in [4.69, 9.17) is 15.2 Å². The molecule has 0 bridgehead atoms. The fourth-order valence-electron chi connectivity index (χ4n) is 3.96. The van der Waals surface area contributed by atoms with E-state index in [1.807, 2.05) is 0 Å². The number of nitrogens with zero attached hydrogens (tertiary/aromatic N) is 1. The van der Waals surface area contributed by atoms with Crippen LogP contribution in [0.1, 0.15) is 35.8 Å². The van der Waals surface area contributed by atoms with Crippen LogP contribution in [-0.2, 0) is 9.53 Å². The second-order valence-electron chi connectivity index (χ2n) is 7.82. The lowest BCUT2D eigenvalue weighted by Gasteiger charge is -2.32. The van der Waals surface area contributed by atoms with Crippen molar-refractivity contribution in [2.45, 2.75) is 37.6 Å². The number of rotatable bonds is 5. The molecule has 3 N–H and O–H groups in total. The summed E-state index contributed by atoms with van der Waals surface area (Å²) in [6.07, 6.45) is -5.95. The molecule has 7 nitrogen and oxygen atoms in total. The van der Waals surface area contributed by atoms with Crippen molar-refractivity contribution in [2.75, 3.05) is 12.4 Å². The van der Waals surface area contributed by atoms with Crippen molar-refractivity contribution in [1.29, 1.82) is 0 Å². The molecular weight excluding hydrogens is 472 g/mol. The molecule has 0 spiro atoms. The monoisotopic (exact) mass is 491 g/mol. The van der Waals surface area contributed by atoms with Gasteiger partial charge in [-0.1, -0.05) is 13.0 Å². The highest BCUT2D eigenvalue weighted by molar-refractivity contribution is 5.97. The molecule has 3 rings (SSSR count). The number of hydrogen-bond acceptors (Lipinski definition) is 5. The highest BCUT2D eigenvalue weighted by Gasteiger charge is 2.66. The number of anilines is 1. The third kappa shape index (κ3) is 4.04. The molecule has 4 atom stereocenters. The van der Waals surface area contributed by atoms with Crippen LogP contribution >= 0.6 is 0 Å². The number of primary amides is 1. The number of aromatic nitrogens is 1. The summed E-state index contributed by atoms with van der Waals surface area (Å²) in [7, 11) is 0.984. The third-order valence-corrected chi connectivity index (χ3v) is 5.95. The first kappa shape index (κ1) is 25.3. The van der Waals surface area contributed by atoms with E-state index in [9.17, 15) is 35.9 Å². The van der Waals surface area contributed by atoms with Gasteiger partial charge in [0.1, 0.15) is 6.10 Å². The van der Waals surface area contributed by atoms with Crippen LogP contribution in [0.15, 0.2) is 24.4 Å². The summed E-state index contributed by atoms with van der Waals surface area (Å²) < 4.78 is 94.5. The quantitative estimate of drug-likeness (QED) is 0.622. The van der Waals surface area contributed by atoms with Crippen LogP contribution < -0.4 is 15.8 Å². The topological polar surface area (TPSA) is 104 Å². The van der Waals surface area contributed by atoms with E-state index in [-0.39, 0.29) is 5.56 Å². The number of alkyl halides is 3. The van der Waals surface area contributed by atoms with E-state index in [1.165, 1.54) is 0 Å². The lowest BCUT2D eigenvalue weighted by molar-refractivity contribution is -0.272. The van der Waals surface area contributed by atoms with Crippen LogP contribution in [0.25, 0.3) is 0 Å². The molecule has 1 aliphatic rings. The summed E-state index contributed by atoms with van der Waals surface area (Å²) in [5.41, 5.74) is 0.468. The van der Waals surface area contributed by atoms with Gasteiger partial charge in [0, 0.05) is 23.6 Å². The molecule has 0 radical (unpaired) electrons. The predicted molar refractivity (Wildman–Crippen MR) is 105 cm³/mol. The molecule has 1 aliphatic heterocycles. The Kier molecular flexibility index (Phi) is 6.53. The number of amides is 2. The van der Waals surface area contributed by atoms with E-state index in [2.05, 4.69) is 10.3 Å². The number of nitrogens with one attached hydrogen (secondary N) is 1. The molecule has 0 aliphatic carbocycles. The molecule has 2 aromatic rings. The molecule has 0 unspecified atom stereocenters. The van der Waals surface area contributed by atoms with Crippen molar-refractivity contribution in [2.24, 2.45) is 11.7 Å². The molecule has 1 saturated heterocycles. The van der Waals surface area contributed by atoms with Gasteiger partial charge in [-0.05, 0) is 19.1 Å². The first-order valence-electron chi connectivity index (χ1n) is 9.76. The first-order chi connectivity index (χ1) is 15.7. The molecule has 2 heterocycles. The summed E-state index contributed by atoms with van der Waals surface area (Å²) >= 11 is 0. The Bertz CT molecular complexity index is 1140. The fraction of sp³-hybridized carbons (Fsp3) is 0.381. The molecule has 1 fully saturated rings. The van der Waals surface area contributed by atoms with E-state index < -0.39 is 76.1 Å². The third-order valence-electron chi connectivity index (χ3n) is 5.95. The molecule has 34 heavy (non-hydrogen) atoms. The van der Waals surface area contributed by atoms with Gasteiger partial charge in [-0.3, -0.25) is 9.59 Å². The minimum Gasteiger partial charge on any atom is -0.493 e. The summed E-state index contributed by atoms with van der Waals surface area (Å²) in [5.74, 6) is -10.2. The summed E-state index contributed by atoms with van der Waals surface area (Å²) in [6.45, 7) is 1.84. The Labute approximate surface area is 189 Å². The van der Waals surface area contributed by atoms with Crippen molar-refractivity contribution in [1.82, 2.24) is 4.98 Å². The number of carbonyl (C=O) groups excluding carboxylic acids is 2. The van der Waals surface area contributed by atoms with Crippen LogP contribution in [0, 0.1) is 23.4 Å². The lowest BCUT2D eigenvalue weighted by Crippen LogP contribution is -2.47. The maximum absolute atomic E-state index is 14.5. The van der Waals surface area contributed by atoms with Gasteiger partial charge < -0.3 is 20.5 Å². The van der Waals surface area contributed by atoms with Crippen molar-refractivity contribution in [3.05, 3.63) is 53.1 Å². The van der Waals surface area contributed by atoms with Crippen molar-refractivity contribution >= 4 is 17.5 Å². The van der Waals surface area contributed by atoms with Crippen LogP contribution in [0.4, 0.5) is 32.0 Å². The van der Waals surface area contributed by atoms with Crippen LogP contribution in [0.2, 0.25) is 0 Å². The second-order valence-corrected chi connectivity index (χ2v) is 7.82. The van der Waals surface area contributed by atoms with Crippen LogP contribution in [0.5, 0.6) is 5.75 Å². The summed E-state index contributed by atoms with van der Waals surface area (Å²) in [4.78, 5) is 27.8. The maximum atomic E-state index is 14.5. The summed E-state index contributed by atoms with van der Waals surface area (Å²) in [5, 5.41) is 2.06. The second kappa shape index (κ2) is 8.78. The molecule has 2 amide bonds. The molecule has 0 saturated carbocycles. The van der Waals surface area contributed by atoms with Crippen molar-refractivity contribution in [3.63, 3.8) is 0 Å². The maximum Gasteiger partial charge on any atom is 0.417 e. The van der Waals surface area contributed by atoms with Crippen molar-refractivity contribution in [3.8, 4) is 5.75 Å². The van der Waals surface area contributed by atoms with E-state index in [0.29, 0.717) is 13.0 Å². The number of methoxy groups -OCH3 is 1. The minimum absolute atomic E-state index is 0.255. The number of ether oxygens (including phenoxy) is 2. The molecule has 13 heteroatoms. The average Bonchev–Trinajstić information content (AvgIpc) is 3.03. The summed E-state index contributed by atoms with van der Waals surface area (Å²) in [6, 6.07) is 2.62. The van der Waals surface area contributed by atoms with Gasteiger partial charge in [0.2, 0.25) is 5.82 Å². The number of carbonyl (C=O) groups is 2. The molecule has 184 valence electrons. The highest BCUT2D eigenvalue weighted by Crippen LogP contribution is 2.55. The number of pyridine rings is 1. The van der Waals surface area contributed by atoms with Gasteiger partial charge in [0.25, 0.3) is 11.8 Å². The predicted octanol–water partition coefficient (Wildman–Crippen LogP) is 3.68. The van der Waals surface area contributed by atoms with E-state index in [1.54, 1.807) is 0 Å². The number of halogens is 6. The van der Waals surface area contributed by atoms with E-state index in [0.717, 1.165) is 32.4 Å². The zero-order valence-corrected chi connectivity index (χ0v) is 18.0. The van der Waals surface area contributed by atoms with Crippen LogP contribution in [-0.4, -0.2) is 41.8 Å². The Morgan fingerprint density at radius 1 is 1.18 bits per heavy atom.